The highest BCUT2D eigenvalue weighted by Gasteiger charge is 2.15. The molecule has 1 atom stereocenters. The van der Waals surface area contributed by atoms with E-state index in [1.165, 1.54) is 0 Å². The molecule has 6 heteroatoms. The molecule has 1 fully saturated rings. The zero-order valence-corrected chi connectivity index (χ0v) is 19.0. The summed E-state index contributed by atoms with van der Waals surface area (Å²) < 4.78 is 19.0. The number of benzene rings is 1. The Kier molecular flexibility index (Phi) is 8.53. The highest BCUT2D eigenvalue weighted by Crippen LogP contribution is 2.22. The number of aromatic nitrogens is 2. The van der Waals surface area contributed by atoms with Crippen LogP contribution in [0.1, 0.15) is 50.6 Å². The van der Waals surface area contributed by atoms with Gasteiger partial charge in [0.05, 0.1) is 13.2 Å². The molecule has 1 aromatic carbocycles. The van der Waals surface area contributed by atoms with Gasteiger partial charge in [0.25, 0.3) is 5.56 Å². The lowest BCUT2D eigenvalue weighted by atomic mass is 10.1. The summed E-state index contributed by atoms with van der Waals surface area (Å²) in [6.45, 7) is 1.47. The Labute approximate surface area is 195 Å². The fourth-order valence-electron chi connectivity index (χ4n) is 4.00. The third kappa shape index (κ3) is 6.93. The van der Waals surface area contributed by atoms with Crippen LogP contribution in [-0.4, -0.2) is 29.1 Å². The Morgan fingerprint density at radius 3 is 2.55 bits per heavy atom. The Bertz CT molecular complexity index is 1030. The van der Waals surface area contributed by atoms with Gasteiger partial charge in [-0.05, 0) is 74.6 Å². The third-order valence-electron chi connectivity index (χ3n) is 5.74. The van der Waals surface area contributed by atoms with Crippen molar-refractivity contribution in [1.29, 1.82) is 0 Å². The largest absolute Gasteiger partial charge is 0.494 e. The Morgan fingerprint density at radius 1 is 0.909 bits per heavy atom. The SMILES string of the molecule is O=c1cccc(CCCCCCOc2ccc(OC3CCCCO3)cc2)n1-c1ccccn1. The minimum Gasteiger partial charge on any atom is -0.494 e. The fourth-order valence-corrected chi connectivity index (χ4v) is 4.00. The molecule has 1 saturated heterocycles. The van der Waals surface area contributed by atoms with Crippen LogP contribution in [0.25, 0.3) is 5.82 Å². The Balaban J connectivity index is 1.15. The van der Waals surface area contributed by atoms with Gasteiger partial charge >= 0.3 is 0 Å². The second-order valence-electron chi connectivity index (χ2n) is 8.28. The molecule has 0 amide bonds. The molecule has 0 N–H and O–H groups in total. The first-order valence-electron chi connectivity index (χ1n) is 11.9. The average molecular weight is 449 g/mol. The van der Waals surface area contributed by atoms with E-state index in [2.05, 4.69) is 4.98 Å². The minimum atomic E-state index is -0.125. The lowest BCUT2D eigenvalue weighted by molar-refractivity contribution is -0.105. The van der Waals surface area contributed by atoms with Crippen molar-refractivity contribution >= 4 is 0 Å². The van der Waals surface area contributed by atoms with E-state index in [1.807, 2.05) is 54.6 Å². The summed E-state index contributed by atoms with van der Waals surface area (Å²) in [7, 11) is 0. The smallest absolute Gasteiger partial charge is 0.256 e. The first kappa shape index (κ1) is 23.1. The summed E-state index contributed by atoms with van der Waals surface area (Å²) in [4.78, 5) is 16.7. The van der Waals surface area contributed by atoms with Crippen molar-refractivity contribution in [2.45, 2.75) is 57.7 Å². The summed E-state index contributed by atoms with van der Waals surface area (Å²) in [6.07, 6.45) is 9.84. The Hall–Kier alpha value is -3.12. The van der Waals surface area contributed by atoms with Crippen LogP contribution in [0.5, 0.6) is 11.5 Å². The van der Waals surface area contributed by atoms with Gasteiger partial charge in [0, 0.05) is 24.4 Å². The molecule has 3 heterocycles. The number of hydrogen-bond acceptors (Lipinski definition) is 5. The van der Waals surface area contributed by atoms with Crippen LogP contribution in [0.3, 0.4) is 0 Å². The van der Waals surface area contributed by atoms with Crippen molar-refractivity contribution in [1.82, 2.24) is 9.55 Å². The molecule has 3 aromatic rings. The van der Waals surface area contributed by atoms with Crippen LogP contribution in [0.15, 0.2) is 71.7 Å². The van der Waals surface area contributed by atoms with E-state index in [4.69, 9.17) is 14.2 Å². The fraction of sp³-hybridized carbons (Fsp3) is 0.407. The number of ether oxygens (including phenoxy) is 3. The normalized spacial score (nSPS) is 15.8. The van der Waals surface area contributed by atoms with Gasteiger partial charge in [0.2, 0.25) is 0 Å². The Morgan fingerprint density at radius 2 is 1.76 bits per heavy atom. The van der Waals surface area contributed by atoms with Crippen LogP contribution in [0, 0.1) is 0 Å². The topological polar surface area (TPSA) is 62.6 Å². The molecule has 4 rings (SSSR count). The molecule has 0 spiro atoms. The van der Waals surface area contributed by atoms with Crippen molar-refractivity contribution in [3.63, 3.8) is 0 Å². The van der Waals surface area contributed by atoms with E-state index in [-0.39, 0.29) is 11.8 Å². The zero-order valence-electron chi connectivity index (χ0n) is 19.0. The summed E-state index contributed by atoms with van der Waals surface area (Å²) in [5.41, 5.74) is 0.959. The number of pyridine rings is 2. The van der Waals surface area contributed by atoms with E-state index in [9.17, 15) is 4.79 Å². The molecular formula is C27H32N2O4. The van der Waals surface area contributed by atoms with Crippen molar-refractivity contribution in [3.05, 3.63) is 82.9 Å². The van der Waals surface area contributed by atoms with Gasteiger partial charge in [-0.1, -0.05) is 25.0 Å². The van der Waals surface area contributed by atoms with E-state index in [1.54, 1.807) is 16.8 Å². The van der Waals surface area contributed by atoms with Gasteiger partial charge < -0.3 is 14.2 Å². The molecule has 1 aliphatic heterocycles. The van der Waals surface area contributed by atoms with Gasteiger partial charge in [-0.2, -0.15) is 0 Å². The van der Waals surface area contributed by atoms with Crippen LogP contribution in [-0.2, 0) is 11.2 Å². The average Bonchev–Trinajstić information content (AvgIpc) is 2.86. The number of rotatable bonds is 11. The highest BCUT2D eigenvalue weighted by atomic mass is 16.7. The van der Waals surface area contributed by atoms with Gasteiger partial charge in [0.15, 0.2) is 6.29 Å². The monoisotopic (exact) mass is 448 g/mol. The summed E-state index contributed by atoms with van der Waals surface area (Å²) in [5.74, 6) is 2.35. The molecule has 2 aromatic heterocycles. The van der Waals surface area contributed by atoms with Crippen LogP contribution >= 0.6 is 0 Å². The first-order valence-corrected chi connectivity index (χ1v) is 11.9. The molecule has 1 unspecified atom stereocenters. The molecule has 0 aliphatic carbocycles. The van der Waals surface area contributed by atoms with Crippen molar-refractivity contribution < 1.29 is 14.2 Å². The van der Waals surface area contributed by atoms with E-state index >= 15 is 0 Å². The predicted octanol–water partition coefficient (Wildman–Crippen LogP) is 5.32. The molecule has 6 nitrogen and oxygen atoms in total. The van der Waals surface area contributed by atoms with Crippen LogP contribution in [0.2, 0.25) is 0 Å². The second-order valence-corrected chi connectivity index (χ2v) is 8.28. The molecule has 174 valence electrons. The van der Waals surface area contributed by atoms with Crippen molar-refractivity contribution in [2.24, 2.45) is 0 Å². The first-order chi connectivity index (χ1) is 16.3. The summed E-state index contributed by atoms with van der Waals surface area (Å²) >= 11 is 0. The van der Waals surface area contributed by atoms with Gasteiger partial charge in [-0.15, -0.1) is 0 Å². The molecule has 1 aliphatic rings. The zero-order chi connectivity index (χ0) is 22.7. The summed E-state index contributed by atoms with van der Waals surface area (Å²) in [6, 6.07) is 18.8. The van der Waals surface area contributed by atoms with E-state index < -0.39 is 0 Å². The molecule has 0 saturated carbocycles. The maximum Gasteiger partial charge on any atom is 0.256 e. The molecule has 0 bridgehead atoms. The van der Waals surface area contributed by atoms with E-state index in [0.29, 0.717) is 12.4 Å². The molecular weight excluding hydrogens is 416 g/mol. The number of nitrogens with zero attached hydrogens (tertiary/aromatic N) is 2. The highest BCUT2D eigenvalue weighted by molar-refractivity contribution is 5.31. The van der Waals surface area contributed by atoms with Gasteiger partial charge in [0.1, 0.15) is 17.3 Å². The van der Waals surface area contributed by atoms with Gasteiger partial charge in [-0.25, -0.2) is 4.98 Å². The van der Waals surface area contributed by atoms with Crippen molar-refractivity contribution in [3.8, 4) is 17.3 Å². The maximum atomic E-state index is 12.4. The number of hydrogen-bond donors (Lipinski definition) is 0. The van der Waals surface area contributed by atoms with Gasteiger partial charge in [-0.3, -0.25) is 9.36 Å². The lowest BCUT2D eigenvalue weighted by Crippen LogP contribution is -2.24. The lowest BCUT2D eigenvalue weighted by Gasteiger charge is -2.23. The molecule has 33 heavy (non-hydrogen) atoms. The summed E-state index contributed by atoms with van der Waals surface area (Å²) in [5, 5.41) is 0. The minimum absolute atomic E-state index is 0.0396. The predicted molar refractivity (Wildman–Crippen MR) is 128 cm³/mol. The van der Waals surface area contributed by atoms with Crippen LogP contribution in [0.4, 0.5) is 0 Å². The number of unbranched alkanes of at least 4 members (excludes halogenated alkanes) is 3. The third-order valence-corrected chi connectivity index (χ3v) is 5.74. The van der Waals surface area contributed by atoms with Crippen molar-refractivity contribution in [2.75, 3.05) is 13.2 Å². The van der Waals surface area contributed by atoms with E-state index in [0.717, 1.165) is 75.2 Å². The maximum absolute atomic E-state index is 12.4. The standard InChI is InChI=1S/C27H32N2O4/c30-26-13-9-11-22(29(26)25-12-4-6-19-28-25)10-3-1-2-7-20-31-23-15-17-24(18-16-23)33-27-14-5-8-21-32-27/h4,6,9,11-13,15-19,27H,1-3,5,7-8,10,14,20-21H2. The molecule has 0 radical (unpaired) electrons. The van der Waals surface area contributed by atoms with Crippen LogP contribution < -0.4 is 15.0 Å². The number of aryl methyl sites for hydroxylation is 1. The second kappa shape index (κ2) is 12.2. The quantitative estimate of drug-likeness (QED) is 0.372.